The van der Waals surface area contributed by atoms with Gasteiger partial charge in [0, 0.05) is 0 Å². The molecule has 0 saturated heterocycles. The fourth-order valence-electron chi connectivity index (χ4n) is 1.11. The van der Waals surface area contributed by atoms with Crippen molar-refractivity contribution in [2.75, 3.05) is 0 Å². The van der Waals surface area contributed by atoms with Gasteiger partial charge < -0.3 is 10.2 Å². The Labute approximate surface area is 74.9 Å². The summed E-state index contributed by atoms with van der Waals surface area (Å²) in [5, 5.41) is 18.4. The molecule has 0 heterocycles. The monoisotopic (exact) mass is 172 g/mol. The van der Waals surface area contributed by atoms with E-state index in [-0.39, 0.29) is 0 Å². The third-order valence-corrected chi connectivity index (χ3v) is 1.99. The predicted octanol–water partition coefficient (Wildman–Crippen LogP) is 1.86. The summed E-state index contributed by atoms with van der Waals surface area (Å²) in [5.41, 5.74) is 0. The van der Waals surface area contributed by atoms with Crippen molar-refractivity contribution in [3.63, 3.8) is 0 Å². The van der Waals surface area contributed by atoms with Crippen molar-refractivity contribution in [1.29, 1.82) is 0 Å². The van der Waals surface area contributed by atoms with E-state index in [1.807, 2.05) is 0 Å². The first-order valence-electron chi connectivity index (χ1n) is 4.71. The van der Waals surface area contributed by atoms with E-state index >= 15 is 0 Å². The van der Waals surface area contributed by atoms with E-state index < -0.39 is 12.2 Å². The third-order valence-electron chi connectivity index (χ3n) is 1.99. The molecule has 0 aromatic rings. The van der Waals surface area contributed by atoms with Gasteiger partial charge in [0.1, 0.15) is 0 Å². The summed E-state index contributed by atoms with van der Waals surface area (Å²) in [6.45, 7) is 5.56. The van der Waals surface area contributed by atoms with Crippen molar-refractivity contribution in [2.24, 2.45) is 0 Å². The number of rotatable bonds is 7. The number of hydrogen-bond acceptors (Lipinski definition) is 2. The van der Waals surface area contributed by atoms with E-state index in [1.165, 1.54) is 18.9 Å². The summed E-state index contributed by atoms with van der Waals surface area (Å²) in [6, 6.07) is 0. The van der Waals surface area contributed by atoms with Crippen molar-refractivity contribution in [3.8, 4) is 0 Å². The number of hydrogen-bond donors (Lipinski definition) is 2. The largest absolute Gasteiger partial charge is 0.390 e. The molecule has 12 heavy (non-hydrogen) atoms. The van der Waals surface area contributed by atoms with Crippen molar-refractivity contribution in [2.45, 2.75) is 51.2 Å². The summed E-state index contributed by atoms with van der Waals surface area (Å²) in [4.78, 5) is 0. The van der Waals surface area contributed by atoms with Gasteiger partial charge >= 0.3 is 0 Å². The molecular weight excluding hydrogens is 152 g/mol. The van der Waals surface area contributed by atoms with Gasteiger partial charge in [-0.25, -0.2) is 0 Å². The Morgan fingerprint density at radius 2 is 1.92 bits per heavy atom. The van der Waals surface area contributed by atoms with E-state index in [9.17, 15) is 5.11 Å². The first-order valence-corrected chi connectivity index (χ1v) is 4.71. The van der Waals surface area contributed by atoms with E-state index in [0.717, 1.165) is 12.8 Å². The van der Waals surface area contributed by atoms with Crippen LogP contribution in [0.15, 0.2) is 12.7 Å². The number of aliphatic hydroxyl groups excluding tert-OH is 2. The molecule has 0 aliphatic carbocycles. The van der Waals surface area contributed by atoms with E-state index in [2.05, 4.69) is 13.5 Å². The Balaban J connectivity index is 3.30. The molecule has 0 aliphatic heterocycles. The minimum atomic E-state index is -0.758. The second kappa shape index (κ2) is 7.32. The second-order valence-electron chi connectivity index (χ2n) is 3.14. The van der Waals surface area contributed by atoms with Crippen LogP contribution in [0.25, 0.3) is 0 Å². The molecule has 2 N–H and O–H groups in total. The summed E-state index contributed by atoms with van der Waals surface area (Å²) in [7, 11) is 0. The third kappa shape index (κ3) is 5.33. The van der Waals surface area contributed by atoms with Gasteiger partial charge in [-0.3, -0.25) is 0 Å². The number of unbranched alkanes of at least 4 members (excludes halogenated alkanes) is 3. The quantitative estimate of drug-likeness (QED) is 0.454. The van der Waals surface area contributed by atoms with Gasteiger partial charge in [-0.2, -0.15) is 0 Å². The van der Waals surface area contributed by atoms with Gasteiger partial charge in [0.05, 0.1) is 12.2 Å². The summed E-state index contributed by atoms with van der Waals surface area (Å²) >= 11 is 0. The maximum atomic E-state index is 9.30. The van der Waals surface area contributed by atoms with Crippen LogP contribution in [0, 0.1) is 0 Å². The average molecular weight is 172 g/mol. The lowest BCUT2D eigenvalue weighted by molar-refractivity contribution is 0.0417. The zero-order valence-corrected chi connectivity index (χ0v) is 7.87. The first kappa shape index (κ1) is 11.7. The molecule has 0 fully saturated rings. The molecule has 2 heteroatoms. The maximum Gasteiger partial charge on any atom is 0.0977 e. The van der Waals surface area contributed by atoms with Gasteiger partial charge in [0.15, 0.2) is 0 Å². The van der Waals surface area contributed by atoms with Gasteiger partial charge in [-0.1, -0.05) is 38.7 Å². The summed E-state index contributed by atoms with van der Waals surface area (Å²) in [5.74, 6) is 0. The highest BCUT2D eigenvalue weighted by Gasteiger charge is 2.10. The molecule has 2 unspecified atom stereocenters. The SMILES string of the molecule is C=CC(O)C(O)CCCCCC. The molecule has 0 rings (SSSR count). The van der Waals surface area contributed by atoms with Gasteiger partial charge in [-0.05, 0) is 6.42 Å². The predicted molar refractivity (Wildman–Crippen MR) is 51.0 cm³/mol. The zero-order valence-electron chi connectivity index (χ0n) is 7.87. The Morgan fingerprint density at radius 1 is 1.25 bits per heavy atom. The molecule has 0 amide bonds. The fourth-order valence-corrected chi connectivity index (χ4v) is 1.11. The second-order valence-corrected chi connectivity index (χ2v) is 3.14. The van der Waals surface area contributed by atoms with Crippen LogP contribution in [-0.4, -0.2) is 22.4 Å². The molecule has 0 aromatic carbocycles. The molecule has 0 bridgehead atoms. The average Bonchev–Trinajstić information content (AvgIpc) is 2.10. The van der Waals surface area contributed by atoms with Gasteiger partial charge in [0.25, 0.3) is 0 Å². The molecule has 72 valence electrons. The normalized spacial score (nSPS) is 15.6. The lowest BCUT2D eigenvalue weighted by Crippen LogP contribution is -2.23. The molecular formula is C10H20O2. The minimum Gasteiger partial charge on any atom is -0.390 e. The van der Waals surface area contributed by atoms with Crippen LogP contribution in [0.2, 0.25) is 0 Å². The van der Waals surface area contributed by atoms with Crippen molar-refractivity contribution in [1.82, 2.24) is 0 Å². The van der Waals surface area contributed by atoms with Crippen molar-refractivity contribution >= 4 is 0 Å². The van der Waals surface area contributed by atoms with Crippen LogP contribution in [0.5, 0.6) is 0 Å². The minimum absolute atomic E-state index is 0.626. The highest BCUT2D eigenvalue weighted by Crippen LogP contribution is 2.08. The van der Waals surface area contributed by atoms with E-state index in [0.29, 0.717) is 6.42 Å². The molecule has 0 saturated carbocycles. The van der Waals surface area contributed by atoms with Crippen LogP contribution in [-0.2, 0) is 0 Å². The van der Waals surface area contributed by atoms with Gasteiger partial charge in [0.2, 0.25) is 0 Å². The van der Waals surface area contributed by atoms with Crippen molar-refractivity contribution in [3.05, 3.63) is 12.7 Å². The molecule has 2 nitrogen and oxygen atoms in total. The standard InChI is InChI=1S/C10H20O2/c1-3-5-6-7-8-10(12)9(11)4-2/h4,9-12H,2-3,5-8H2,1H3. The highest BCUT2D eigenvalue weighted by atomic mass is 16.3. The number of aliphatic hydroxyl groups is 2. The van der Waals surface area contributed by atoms with Crippen LogP contribution < -0.4 is 0 Å². The fraction of sp³-hybridized carbons (Fsp3) is 0.800. The van der Waals surface area contributed by atoms with E-state index in [4.69, 9.17) is 5.11 Å². The molecule has 0 spiro atoms. The molecule has 0 aliphatic rings. The highest BCUT2D eigenvalue weighted by molar-refractivity contribution is 4.83. The Hall–Kier alpha value is -0.340. The van der Waals surface area contributed by atoms with E-state index in [1.54, 1.807) is 0 Å². The lowest BCUT2D eigenvalue weighted by atomic mass is 10.1. The van der Waals surface area contributed by atoms with Gasteiger partial charge in [-0.15, -0.1) is 6.58 Å². The zero-order chi connectivity index (χ0) is 9.40. The van der Waals surface area contributed by atoms with Crippen LogP contribution >= 0.6 is 0 Å². The Morgan fingerprint density at radius 3 is 2.42 bits per heavy atom. The maximum absolute atomic E-state index is 9.30. The smallest absolute Gasteiger partial charge is 0.0977 e. The topological polar surface area (TPSA) is 40.5 Å². The Bertz CT molecular complexity index is 112. The Kier molecular flexibility index (Phi) is 7.11. The molecule has 0 aromatic heterocycles. The van der Waals surface area contributed by atoms with Crippen LogP contribution in [0.3, 0.4) is 0 Å². The first-order chi connectivity index (χ1) is 5.72. The molecule has 2 atom stereocenters. The van der Waals surface area contributed by atoms with Crippen LogP contribution in [0.4, 0.5) is 0 Å². The summed E-state index contributed by atoms with van der Waals surface area (Å²) in [6.07, 6.45) is 5.19. The summed E-state index contributed by atoms with van der Waals surface area (Å²) < 4.78 is 0. The molecule has 0 radical (unpaired) electrons. The van der Waals surface area contributed by atoms with Crippen LogP contribution in [0.1, 0.15) is 39.0 Å². The van der Waals surface area contributed by atoms with Crippen molar-refractivity contribution < 1.29 is 10.2 Å². The lowest BCUT2D eigenvalue weighted by Gasteiger charge is -2.13.